The zero-order valence-electron chi connectivity index (χ0n) is 17.1. The van der Waals surface area contributed by atoms with E-state index in [0.717, 1.165) is 25.3 Å². The third-order valence-corrected chi connectivity index (χ3v) is 6.95. The highest BCUT2D eigenvalue weighted by Gasteiger charge is 2.59. The van der Waals surface area contributed by atoms with Gasteiger partial charge in [0.1, 0.15) is 0 Å². The molecule has 1 amide bonds. The van der Waals surface area contributed by atoms with Gasteiger partial charge in [0.25, 0.3) is 0 Å². The number of imidazole rings is 1. The van der Waals surface area contributed by atoms with Crippen molar-refractivity contribution in [3.63, 3.8) is 0 Å². The number of nitrogens with zero attached hydrogens (tertiary/aromatic N) is 3. The van der Waals surface area contributed by atoms with E-state index in [1.807, 2.05) is 4.57 Å². The van der Waals surface area contributed by atoms with E-state index < -0.39 is 11.6 Å². The average Bonchev–Trinajstić information content (AvgIpc) is 3.10. The molecular weight excluding hydrogens is 398 g/mol. The quantitative estimate of drug-likeness (QED) is 0.572. The summed E-state index contributed by atoms with van der Waals surface area (Å²) in [4.78, 5) is 20.3. The summed E-state index contributed by atoms with van der Waals surface area (Å²) >= 11 is 0. The number of amides is 1. The van der Waals surface area contributed by atoms with Crippen molar-refractivity contribution < 1.29 is 13.6 Å². The van der Waals surface area contributed by atoms with Crippen molar-refractivity contribution in [1.29, 1.82) is 0 Å². The predicted octanol–water partition coefficient (Wildman–Crippen LogP) is 5.27. The Kier molecular flexibility index (Phi) is 4.73. The van der Waals surface area contributed by atoms with Crippen LogP contribution in [0.15, 0.2) is 42.7 Å². The van der Waals surface area contributed by atoms with Crippen LogP contribution in [0.3, 0.4) is 0 Å². The van der Waals surface area contributed by atoms with Crippen LogP contribution in [-0.4, -0.2) is 21.5 Å². The molecule has 2 aromatic carbocycles. The number of hydrogen-bond donors (Lipinski definition) is 1. The number of halogens is 2. The second-order valence-corrected chi connectivity index (χ2v) is 8.59. The van der Waals surface area contributed by atoms with E-state index in [4.69, 9.17) is 6.57 Å². The summed E-state index contributed by atoms with van der Waals surface area (Å²) in [7, 11) is 0. The molecule has 2 saturated carbocycles. The minimum atomic E-state index is -0.879. The number of aromatic nitrogens is 2. The zero-order chi connectivity index (χ0) is 21.7. The Morgan fingerprint density at radius 3 is 2.71 bits per heavy atom. The van der Waals surface area contributed by atoms with Gasteiger partial charge in [0.2, 0.25) is 5.91 Å². The van der Waals surface area contributed by atoms with Gasteiger partial charge in [-0.1, -0.05) is 25.1 Å². The Morgan fingerprint density at radius 2 is 2.00 bits per heavy atom. The van der Waals surface area contributed by atoms with Crippen molar-refractivity contribution in [2.45, 2.75) is 38.3 Å². The molecule has 5 rings (SSSR count). The van der Waals surface area contributed by atoms with Crippen LogP contribution < -0.4 is 5.32 Å². The van der Waals surface area contributed by atoms with E-state index >= 15 is 0 Å². The molecule has 3 aromatic rings. The van der Waals surface area contributed by atoms with Crippen molar-refractivity contribution in [2.24, 2.45) is 17.8 Å². The van der Waals surface area contributed by atoms with Crippen molar-refractivity contribution >= 4 is 22.6 Å². The second-order valence-electron chi connectivity index (χ2n) is 8.59. The normalized spacial score (nSPS) is 25.1. The van der Waals surface area contributed by atoms with E-state index in [2.05, 4.69) is 22.1 Å². The molecule has 2 aliphatic rings. The van der Waals surface area contributed by atoms with Gasteiger partial charge in [0, 0.05) is 29.8 Å². The predicted molar refractivity (Wildman–Crippen MR) is 113 cm³/mol. The van der Waals surface area contributed by atoms with Gasteiger partial charge in [0.05, 0.1) is 23.9 Å². The topological polar surface area (TPSA) is 51.3 Å². The number of rotatable bonds is 5. The van der Waals surface area contributed by atoms with E-state index in [-0.39, 0.29) is 18.0 Å². The highest BCUT2D eigenvalue weighted by atomic mass is 19.2. The Morgan fingerprint density at radius 1 is 1.26 bits per heavy atom. The fraction of sp³-hybridized carbons (Fsp3) is 0.375. The first kappa shape index (κ1) is 19.7. The lowest BCUT2D eigenvalue weighted by molar-refractivity contribution is 0.0927. The molecule has 0 radical (unpaired) electrons. The minimum Gasteiger partial charge on any atom is -0.349 e. The van der Waals surface area contributed by atoms with Crippen LogP contribution in [0.25, 0.3) is 15.9 Å². The van der Waals surface area contributed by atoms with Gasteiger partial charge in [-0.3, -0.25) is 4.79 Å². The number of carbonyl (C=O) groups excluding carboxylic acids is 1. The van der Waals surface area contributed by atoms with Crippen LogP contribution in [0.2, 0.25) is 0 Å². The highest BCUT2D eigenvalue weighted by Crippen LogP contribution is 2.62. The molecule has 1 aromatic heterocycles. The van der Waals surface area contributed by atoms with Crippen molar-refractivity contribution in [3.05, 3.63) is 71.3 Å². The average molecular weight is 420 g/mol. The number of carbonyl (C=O) groups is 1. The molecule has 0 bridgehead atoms. The van der Waals surface area contributed by atoms with Gasteiger partial charge in [-0.25, -0.2) is 18.6 Å². The Labute approximate surface area is 178 Å². The lowest BCUT2D eigenvalue weighted by Gasteiger charge is -2.22. The summed E-state index contributed by atoms with van der Waals surface area (Å²) in [6.07, 6.45) is 4.41. The van der Waals surface area contributed by atoms with Gasteiger partial charge >= 0.3 is 0 Å². The maximum absolute atomic E-state index is 13.7. The number of nitrogens with one attached hydrogen (secondary N) is 1. The van der Waals surface area contributed by atoms with Gasteiger partial charge in [-0.2, -0.15) is 0 Å². The third kappa shape index (κ3) is 3.36. The Hall–Kier alpha value is -3.27. The molecule has 158 valence electrons. The fourth-order valence-corrected chi connectivity index (χ4v) is 5.44. The number of fused-ring (bicyclic) bond motifs is 2. The van der Waals surface area contributed by atoms with Gasteiger partial charge in [-0.15, -0.1) is 0 Å². The maximum Gasteiger partial charge on any atom is 0.250 e. The SMILES string of the molecule is [C-]#[N+]c1cccc(C(=O)N[C@H](CC)C2[C@H]3CC(n4cnc5cc(F)c(F)cc54)C[C@@H]23)c1. The smallest absolute Gasteiger partial charge is 0.250 e. The molecule has 0 saturated heterocycles. The lowest BCUT2D eigenvalue weighted by atomic mass is 9.98. The van der Waals surface area contributed by atoms with E-state index in [1.165, 1.54) is 6.07 Å². The Balaban J connectivity index is 1.26. The van der Waals surface area contributed by atoms with Crippen LogP contribution >= 0.6 is 0 Å². The highest BCUT2D eigenvalue weighted by molar-refractivity contribution is 5.95. The van der Waals surface area contributed by atoms with Crippen molar-refractivity contribution in [1.82, 2.24) is 14.9 Å². The molecular formula is C24H22F2N4O. The van der Waals surface area contributed by atoms with Crippen LogP contribution in [0.4, 0.5) is 14.5 Å². The summed E-state index contributed by atoms with van der Waals surface area (Å²) in [5.41, 5.74) is 2.06. The van der Waals surface area contributed by atoms with E-state index in [9.17, 15) is 13.6 Å². The summed E-state index contributed by atoms with van der Waals surface area (Å²) < 4.78 is 29.2. The van der Waals surface area contributed by atoms with Crippen molar-refractivity contribution in [2.75, 3.05) is 0 Å². The number of benzene rings is 2. The standard InChI is InChI=1S/C24H22F2N4O/c1-3-20(29-24(31)13-5-4-6-14(7-13)27-2)23-16-8-15(9-17(16)23)30-12-28-21-10-18(25)19(26)11-22(21)30/h4-7,10-12,15-17,20,23H,3,8-9H2,1H3,(H,29,31)/t15?,16-,17+,20-,23?/m1/s1. The maximum atomic E-state index is 13.7. The minimum absolute atomic E-state index is 0.0890. The second kappa shape index (κ2) is 7.45. The molecule has 0 aliphatic heterocycles. The molecule has 0 spiro atoms. The lowest BCUT2D eigenvalue weighted by Crippen LogP contribution is -2.37. The van der Waals surface area contributed by atoms with Crippen LogP contribution in [0, 0.1) is 36.0 Å². The molecule has 2 fully saturated rings. The molecule has 1 heterocycles. The molecule has 2 unspecified atom stereocenters. The van der Waals surface area contributed by atoms with Crippen LogP contribution in [-0.2, 0) is 0 Å². The number of hydrogen-bond acceptors (Lipinski definition) is 2. The first-order valence-electron chi connectivity index (χ1n) is 10.6. The van der Waals surface area contributed by atoms with Crippen LogP contribution in [0.5, 0.6) is 0 Å². The monoisotopic (exact) mass is 420 g/mol. The van der Waals surface area contributed by atoms with Gasteiger partial charge in [0.15, 0.2) is 17.3 Å². The molecule has 2 aliphatic carbocycles. The largest absolute Gasteiger partial charge is 0.349 e. The summed E-state index contributed by atoms with van der Waals surface area (Å²) in [6, 6.07) is 9.43. The molecule has 5 atom stereocenters. The molecule has 31 heavy (non-hydrogen) atoms. The molecule has 7 heteroatoms. The van der Waals surface area contributed by atoms with E-state index in [0.29, 0.717) is 40.0 Å². The first-order chi connectivity index (χ1) is 15.0. The van der Waals surface area contributed by atoms with Gasteiger partial charge < -0.3 is 9.88 Å². The molecule has 5 nitrogen and oxygen atoms in total. The third-order valence-electron chi connectivity index (χ3n) is 6.95. The van der Waals surface area contributed by atoms with Crippen LogP contribution in [0.1, 0.15) is 42.6 Å². The summed E-state index contributed by atoms with van der Waals surface area (Å²) in [6.45, 7) is 9.20. The zero-order valence-corrected chi connectivity index (χ0v) is 17.1. The Bertz CT molecular complexity index is 1200. The summed E-state index contributed by atoms with van der Waals surface area (Å²) in [5.74, 6) is -0.433. The fourth-order valence-electron chi connectivity index (χ4n) is 5.44. The van der Waals surface area contributed by atoms with Crippen molar-refractivity contribution in [3.8, 4) is 0 Å². The van der Waals surface area contributed by atoms with E-state index in [1.54, 1.807) is 30.6 Å². The summed E-state index contributed by atoms with van der Waals surface area (Å²) in [5, 5.41) is 3.17. The molecule has 1 N–H and O–H groups in total. The first-order valence-corrected chi connectivity index (χ1v) is 10.6. The van der Waals surface area contributed by atoms with Gasteiger partial charge in [-0.05, 0) is 43.1 Å².